The first-order valence-corrected chi connectivity index (χ1v) is 8.17. The summed E-state index contributed by atoms with van der Waals surface area (Å²) in [6.45, 7) is 9.87. The van der Waals surface area contributed by atoms with E-state index in [9.17, 15) is 4.79 Å². The van der Waals surface area contributed by atoms with Gasteiger partial charge in [-0.15, -0.1) is 11.3 Å². The van der Waals surface area contributed by atoms with E-state index in [0.717, 1.165) is 16.3 Å². The molecule has 1 aromatic heterocycles. The third-order valence-electron chi connectivity index (χ3n) is 2.47. The molecule has 122 valence electrons. The number of methoxy groups -OCH3 is 2. The third kappa shape index (κ3) is 5.15. The smallest absolute Gasteiger partial charge is 0.350 e. The van der Waals surface area contributed by atoms with Gasteiger partial charge in [-0.1, -0.05) is 27.7 Å². The van der Waals surface area contributed by atoms with E-state index in [1.165, 1.54) is 18.4 Å². The number of hydrogen-bond donors (Lipinski definition) is 0. The van der Waals surface area contributed by atoms with E-state index in [-0.39, 0.29) is 5.97 Å². The molecule has 1 aromatic carbocycles. The van der Waals surface area contributed by atoms with Gasteiger partial charge in [-0.3, -0.25) is 0 Å². The molecule has 0 radical (unpaired) electrons. The third-order valence-corrected chi connectivity index (χ3v) is 3.42. The van der Waals surface area contributed by atoms with Crippen LogP contribution in [0, 0.1) is 6.92 Å². The van der Waals surface area contributed by atoms with Crippen molar-refractivity contribution in [1.82, 2.24) is 4.98 Å². The molecule has 0 atom stereocenters. The monoisotopic (exact) mass is 323 g/mol. The number of nitrogens with zero attached hydrogens (tertiary/aromatic N) is 1. The Hall–Kier alpha value is -1.88. The van der Waals surface area contributed by atoms with Crippen LogP contribution in [0.5, 0.6) is 5.75 Å². The Morgan fingerprint density at radius 3 is 2.05 bits per heavy atom. The van der Waals surface area contributed by atoms with E-state index in [4.69, 9.17) is 9.47 Å². The Bertz CT molecular complexity index is 562. The number of rotatable bonds is 3. The van der Waals surface area contributed by atoms with Crippen LogP contribution in [0.3, 0.4) is 0 Å². The van der Waals surface area contributed by atoms with E-state index in [2.05, 4.69) is 4.98 Å². The van der Waals surface area contributed by atoms with Crippen molar-refractivity contribution in [3.8, 4) is 17.0 Å². The standard InChI is InChI=1S/C13H13NO3S.2C2H6/c1-8-14-11(12(18-8)13(15)17-3)9-4-6-10(16-2)7-5-9;2*1-2/h4-7H,1-3H3;2*1-2H3. The number of carbonyl (C=O) groups is 1. The minimum absolute atomic E-state index is 0.355. The van der Waals surface area contributed by atoms with Crippen LogP contribution in [0.25, 0.3) is 11.3 Å². The van der Waals surface area contributed by atoms with Crippen LogP contribution < -0.4 is 4.74 Å². The van der Waals surface area contributed by atoms with Crippen molar-refractivity contribution in [2.45, 2.75) is 34.6 Å². The van der Waals surface area contributed by atoms with Gasteiger partial charge in [0.25, 0.3) is 0 Å². The molecule has 4 nitrogen and oxygen atoms in total. The fourth-order valence-corrected chi connectivity index (χ4v) is 2.46. The van der Waals surface area contributed by atoms with Gasteiger partial charge in [0.2, 0.25) is 0 Å². The van der Waals surface area contributed by atoms with Crippen LogP contribution in [0.2, 0.25) is 0 Å². The second kappa shape index (κ2) is 10.8. The summed E-state index contributed by atoms with van der Waals surface area (Å²) in [7, 11) is 2.98. The van der Waals surface area contributed by atoms with Crippen molar-refractivity contribution in [2.24, 2.45) is 0 Å². The van der Waals surface area contributed by atoms with Crippen LogP contribution in [-0.4, -0.2) is 25.2 Å². The summed E-state index contributed by atoms with van der Waals surface area (Å²) < 4.78 is 9.86. The van der Waals surface area contributed by atoms with Crippen molar-refractivity contribution in [3.63, 3.8) is 0 Å². The predicted octanol–water partition coefficient (Wildman–Crippen LogP) is 4.97. The Morgan fingerprint density at radius 1 is 1.05 bits per heavy atom. The highest BCUT2D eigenvalue weighted by molar-refractivity contribution is 7.14. The van der Waals surface area contributed by atoms with Crippen molar-refractivity contribution in [3.05, 3.63) is 34.2 Å². The number of ether oxygens (including phenoxy) is 2. The summed E-state index contributed by atoms with van der Waals surface area (Å²) in [5.41, 5.74) is 1.53. The molecule has 0 spiro atoms. The zero-order valence-corrected chi connectivity index (χ0v) is 15.2. The van der Waals surface area contributed by atoms with Gasteiger partial charge in [-0.05, 0) is 31.2 Å². The van der Waals surface area contributed by atoms with Gasteiger partial charge in [0.1, 0.15) is 10.6 Å². The predicted molar refractivity (Wildman–Crippen MR) is 92.9 cm³/mol. The highest BCUT2D eigenvalue weighted by Crippen LogP contribution is 2.29. The lowest BCUT2D eigenvalue weighted by atomic mass is 10.1. The Balaban J connectivity index is 0.00000102. The van der Waals surface area contributed by atoms with Crippen LogP contribution in [-0.2, 0) is 4.74 Å². The molecule has 0 saturated carbocycles. The van der Waals surface area contributed by atoms with Crippen molar-refractivity contribution in [2.75, 3.05) is 14.2 Å². The first-order valence-electron chi connectivity index (χ1n) is 7.36. The number of benzene rings is 1. The topological polar surface area (TPSA) is 48.4 Å². The van der Waals surface area contributed by atoms with E-state index < -0.39 is 0 Å². The fraction of sp³-hybridized carbons (Fsp3) is 0.412. The Kier molecular flexibility index (Phi) is 9.87. The Labute approximate surface area is 137 Å². The van der Waals surface area contributed by atoms with Gasteiger partial charge in [0.05, 0.1) is 24.9 Å². The molecule has 0 bridgehead atoms. The summed E-state index contributed by atoms with van der Waals surface area (Å²) in [5, 5.41) is 0.834. The van der Waals surface area contributed by atoms with E-state index in [0.29, 0.717) is 10.6 Å². The highest BCUT2D eigenvalue weighted by atomic mass is 32.1. The van der Waals surface area contributed by atoms with Gasteiger partial charge in [0, 0.05) is 5.56 Å². The summed E-state index contributed by atoms with van der Waals surface area (Å²) >= 11 is 1.33. The average molecular weight is 323 g/mol. The zero-order valence-electron chi connectivity index (χ0n) is 14.4. The number of esters is 1. The minimum Gasteiger partial charge on any atom is -0.497 e. The highest BCUT2D eigenvalue weighted by Gasteiger charge is 2.18. The lowest BCUT2D eigenvalue weighted by Gasteiger charge is -2.03. The largest absolute Gasteiger partial charge is 0.497 e. The normalized spacial score (nSPS) is 8.86. The molecule has 0 unspecified atom stereocenters. The van der Waals surface area contributed by atoms with Crippen LogP contribution in [0.4, 0.5) is 0 Å². The lowest BCUT2D eigenvalue weighted by molar-refractivity contribution is 0.0607. The molecule has 0 aliphatic carbocycles. The SMILES string of the molecule is CC.CC.COC(=O)c1sc(C)nc1-c1ccc(OC)cc1. The number of thiazole rings is 1. The molecule has 5 heteroatoms. The summed E-state index contributed by atoms with van der Waals surface area (Å²) in [4.78, 5) is 16.6. The second-order valence-electron chi connectivity index (χ2n) is 3.63. The molecule has 0 fully saturated rings. The van der Waals surface area contributed by atoms with E-state index in [1.807, 2.05) is 58.9 Å². The van der Waals surface area contributed by atoms with E-state index >= 15 is 0 Å². The van der Waals surface area contributed by atoms with Crippen LogP contribution >= 0.6 is 11.3 Å². The quantitative estimate of drug-likeness (QED) is 0.749. The fourth-order valence-electron chi connectivity index (χ4n) is 1.60. The van der Waals surface area contributed by atoms with Gasteiger partial charge < -0.3 is 9.47 Å². The summed E-state index contributed by atoms with van der Waals surface area (Å²) in [6, 6.07) is 7.43. The number of hydrogen-bond acceptors (Lipinski definition) is 5. The average Bonchev–Trinajstić information content (AvgIpc) is 2.99. The molecular weight excluding hydrogens is 298 g/mol. The molecule has 0 N–H and O–H groups in total. The molecule has 2 rings (SSSR count). The van der Waals surface area contributed by atoms with Gasteiger partial charge in [-0.2, -0.15) is 0 Å². The maximum atomic E-state index is 11.7. The van der Waals surface area contributed by atoms with Gasteiger partial charge in [0.15, 0.2) is 0 Å². The summed E-state index contributed by atoms with van der Waals surface area (Å²) in [5.74, 6) is 0.414. The van der Waals surface area contributed by atoms with Crippen LogP contribution in [0.15, 0.2) is 24.3 Å². The number of aromatic nitrogens is 1. The first kappa shape index (κ1) is 20.1. The maximum Gasteiger partial charge on any atom is 0.350 e. The molecule has 0 saturated heterocycles. The van der Waals surface area contributed by atoms with Gasteiger partial charge in [-0.25, -0.2) is 9.78 Å². The van der Waals surface area contributed by atoms with Crippen molar-refractivity contribution in [1.29, 1.82) is 0 Å². The molecule has 0 aliphatic heterocycles. The zero-order chi connectivity index (χ0) is 17.1. The molecule has 2 aromatic rings. The van der Waals surface area contributed by atoms with Crippen molar-refractivity contribution < 1.29 is 14.3 Å². The molecule has 22 heavy (non-hydrogen) atoms. The molecule has 1 heterocycles. The number of carbonyl (C=O) groups excluding carboxylic acids is 1. The first-order chi connectivity index (χ1) is 10.7. The van der Waals surface area contributed by atoms with Crippen LogP contribution in [0.1, 0.15) is 42.4 Å². The lowest BCUT2D eigenvalue weighted by Crippen LogP contribution is -2.00. The van der Waals surface area contributed by atoms with E-state index in [1.54, 1.807) is 7.11 Å². The Morgan fingerprint density at radius 2 is 1.59 bits per heavy atom. The summed E-state index contributed by atoms with van der Waals surface area (Å²) in [6.07, 6.45) is 0. The molecule has 0 aliphatic rings. The molecule has 0 amide bonds. The second-order valence-corrected chi connectivity index (χ2v) is 4.83. The number of aryl methyl sites for hydroxylation is 1. The maximum absolute atomic E-state index is 11.7. The minimum atomic E-state index is -0.355. The molecular formula is C17H25NO3S. The van der Waals surface area contributed by atoms with Gasteiger partial charge >= 0.3 is 5.97 Å². The van der Waals surface area contributed by atoms with Crippen molar-refractivity contribution >= 4 is 17.3 Å².